The molecule has 1 fully saturated rings. The minimum absolute atomic E-state index is 0.00356. The summed E-state index contributed by atoms with van der Waals surface area (Å²) in [7, 11) is -3.56. The number of nitrogens with one attached hydrogen (secondary N) is 1. The molecule has 6 nitrogen and oxygen atoms in total. The van der Waals surface area contributed by atoms with Crippen molar-refractivity contribution in [2.75, 3.05) is 19.7 Å². The fraction of sp³-hybridized carbons (Fsp3) is 0.435. The molecule has 168 valence electrons. The molecule has 8 heteroatoms. The van der Waals surface area contributed by atoms with Crippen molar-refractivity contribution in [3.63, 3.8) is 0 Å². The number of benzene rings is 2. The smallest absolute Gasteiger partial charge is 0.258 e. The lowest BCUT2D eigenvalue weighted by Gasteiger charge is -2.26. The molecule has 3 rings (SSSR count). The zero-order valence-corrected chi connectivity index (χ0v) is 19.3. The van der Waals surface area contributed by atoms with E-state index in [2.05, 4.69) is 17.4 Å². The van der Waals surface area contributed by atoms with Gasteiger partial charge in [0.2, 0.25) is 10.0 Å². The Labute approximate surface area is 189 Å². The number of aryl methyl sites for hydroxylation is 1. The van der Waals surface area contributed by atoms with Gasteiger partial charge in [0, 0.05) is 19.1 Å². The zero-order chi connectivity index (χ0) is 22.3. The van der Waals surface area contributed by atoms with Gasteiger partial charge in [-0.3, -0.25) is 4.79 Å². The number of carbonyl (C=O) groups is 1. The maximum Gasteiger partial charge on any atom is 0.258 e. The van der Waals surface area contributed by atoms with E-state index in [0.29, 0.717) is 13.1 Å². The van der Waals surface area contributed by atoms with E-state index in [1.807, 2.05) is 25.1 Å². The summed E-state index contributed by atoms with van der Waals surface area (Å²) in [4.78, 5) is 12.3. The van der Waals surface area contributed by atoms with Crippen molar-refractivity contribution in [1.82, 2.24) is 9.62 Å². The first-order chi connectivity index (χ1) is 14.9. The Hall–Kier alpha value is -2.09. The third kappa shape index (κ3) is 6.69. The van der Waals surface area contributed by atoms with Crippen LogP contribution < -0.4 is 10.1 Å². The molecule has 1 saturated heterocycles. The van der Waals surface area contributed by atoms with Crippen LogP contribution in [0.15, 0.2) is 53.4 Å². The van der Waals surface area contributed by atoms with Crippen LogP contribution in [-0.4, -0.2) is 44.4 Å². The normalized spacial score (nSPS) is 15.9. The molecule has 2 aromatic rings. The predicted octanol–water partition coefficient (Wildman–Crippen LogP) is 4.03. The minimum Gasteiger partial charge on any atom is -0.482 e. The van der Waals surface area contributed by atoms with Crippen LogP contribution in [0.5, 0.6) is 5.75 Å². The van der Waals surface area contributed by atoms with Gasteiger partial charge in [-0.1, -0.05) is 48.4 Å². The third-order valence-corrected chi connectivity index (χ3v) is 7.52. The van der Waals surface area contributed by atoms with E-state index in [1.165, 1.54) is 28.1 Å². The van der Waals surface area contributed by atoms with Gasteiger partial charge in [0.1, 0.15) is 5.75 Å². The molecular formula is C23H29ClN2O4S. The van der Waals surface area contributed by atoms with Crippen molar-refractivity contribution in [3.05, 3.63) is 59.1 Å². The van der Waals surface area contributed by atoms with Crippen LogP contribution in [0.25, 0.3) is 0 Å². The molecule has 0 saturated carbocycles. The van der Waals surface area contributed by atoms with E-state index in [-0.39, 0.29) is 34.2 Å². The van der Waals surface area contributed by atoms with Crippen molar-refractivity contribution in [3.8, 4) is 5.75 Å². The molecular weight excluding hydrogens is 436 g/mol. The van der Waals surface area contributed by atoms with Gasteiger partial charge >= 0.3 is 0 Å². The van der Waals surface area contributed by atoms with Gasteiger partial charge in [-0.15, -0.1) is 0 Å². The van der Waals surface area contributed by atoms with Crippen molar-refractivity contribution in [2.45, 2.75) is 50.0 Å². The van der Waals surface area contributed by atoms with E-state index < -0.39 is 10.0 Å². The average molecular weight is 465 g/mol. The van der Waals surface area contributed by atoms with E-state index in [0.717, 1.165) is 32.1 Å². The predicted molar refractivity (Wildman–Crippen MR) is 122 cm³/mol. The van der Waals surface area contributed by atoms with Gasteiger partial charge in [0.05, 0.1) is 9.92 Å². The Morgan fingerprint density at radius 3 is 2.52 bits per heavy atom. The molecule has 1 atom stereocenters. The van der Waals surface area contributed by atoms with Crippen LogP contribution in [0.3, 0.4) is 0 Å². The molecule has 2 aromatic carbocycles. The van der Waals surface area contributed by atoms with Crippen LogP contribution >= 0.6 is 11.6 Å². The summed E-state index contributed by atoms with van der Waals surface area (Å²) in [5.41, 5.74) is 1.23. The molecule has 1 heterocycles. The maximum atomic E-state index is 12.8. The number of halogens is 1. The standard InChI is InChI=1S/C23H29ClN2O4S/c1-18(10-11-19-8-4-2-5-9-19)25-23(27)17-30-22-13-12-20(16-21(22)24)31(28,29)26-14-6-3-7-15-26/h2,4-5,8-9,12-13,16,18H,3,6-7,10-11,14-15,17H2,1H3,(H,25,27)/t18-/m0/s1. The monoisotopic (exact) mass is 464 g/mol. The summed E-state index contributed by atoms with van der Waals surface area (Å²) in [5, 5.41) is 3.08. The lowest BCUT2D eigenvalue weighted by Crippen LogP contribution is -2.36. The van der Waals surface area contributed by atoms with E-state index in [4.69, 9.17) is 16.3 Å². The summed E-state index contributed by atoms with van der Waals surface area (Å²) >= 11 is 6.24. The van der Waals surface area contributed by atoms with Crippen molar-refractivity contribution >= 4 is 27.5 Å². The number of hydrogen-bond donors (Lipinski definition) is 1. The molecule has 31 heavy (non-hydrogen) atoms. The Morgan fingerprint density at radius 1 is 1.13 bits per heavy atom. The molecule has 1 aliphatic rings. The van der Waals surface area contributed by atoms with Crippen LogP contribution in [-0.2, 0) is 21.2 Å². The number of nitrogens with zero attached hydrogens (tertiary/aromatic N) is 1. The number of carbonyl (C=O) groups excluding carboxylic acids is 1. The highest BCUT2D eigenvalue weighted by molar-refractivity contribution is 7.89. The van der Waals surface area contributed by atoms with Crippen LogP contribution in [0, 0.1) is 0 Å². The molecule has 0 unspecified atom stereocenters. The van der Waals surface area contributed by atoms with E-state index >= 15 is 0 Å². The number of ether oxygens (including phenoxy) is 1. The minimum atomic E-state index is -3.56. The Bertz CT molecular complexity index is 976. The second kappa shape index (κ2) is 11.0. The van der Waals surface area contributed by atoms with Crippen molar-refractivity contribution in [1.29, 1.82) is 0 Å². The summed E-state index contributed by atoms with van der Waals surface area (Å²) in [5.74, 6) is 0.0352. The number of amides is 1. The quantitative estimate of drug-likeness (QED) is 0.607. The Balaban J connectivity index is 1.50. The van der Waals surface area contributed by atoms with Gasteiger partial charge < -0.3 is 10.1 Å². The van der Waals surface area contributed by atoms with Gasteiger partial charge in [0.25, 0.3) is 5.91 Å². The molecule has 0 radical (unpaired) electrons. The lowest BCUT2D eigenvalue weighted by molar-refractivity contribution is -0.123. The summed E-state index contributed by atoms with van der Waals surface area (Å²) in [6, 6.07) is 14.5. The van der Waals surface area contributed by atoms with Crippen molar-refractivity contribution in [2.24, 2.45) is 0 Å². The molecule has 0 aromatic heterocycles. The van der Waals surface area contributed by atoms with Gasteiger partial charge in [-0.05, 0) is 56.4 Å². The highest BCUT2D eigenvalue weighted by Gasteiger charge is 2.26. The maximum absolute atomic E-state index is 12.8. The molecule has 1 N–H and O–H groups in total. The fourth-order valence-electron chi connectivity index (χ4n) is 3.57. The van der Waals surface area contributed by atoms with Gasteiger partial charge in [-0.25, -0.2) is 8.42 Å². The van der Waals surface area contributed by atoms with Crippen LogP contribution in [0.1, 0.15) is 38.2 Å². The molecule has 1 aliphatic heterocycles. The largest absolute Gasteiger partial charge is 0.482 e. The number of rotatable bonds is 9. The first-order valence-electron chi connectivity index (χ1n) is 10.6. The summed E-state index contributed by atoms with van der Waals surface area (Å²) < 4.78 is 32.5. The van der Waals surface area contributed by atoms with Gasteiger partial charge in [-0.2, -0.15) is 4.31 Å². The van der Waals surface area contributed by atoms with Gasteiger partial charge in [0.15, 0.2) is 6.61 Å². The topological polar surface area (TPSA) is 75.7 Å². The Kier molecular flexibility index (Phi) is 8.35. The third-order valence-electron chi connectivity index (χ3n) is 5.33. The van der Waals surface area contributed by atoms with E-state index in [1.54, 1.807) is 0 Å². The highest BCUT2D eigenvalue weighted by Crippen LogP contribution is 2.29. The first kappa shape index (κ1) is 23.6. The van der Waals surface area contributed by atoms with Crippen LogP contribution in [0.4, 0.5) is 0 Å². The molecule has 1 amide bonds. The molecule has 0 spiro atoms. The second-order valence-electron chi connectivity index (χ2n) is 7.84. The van der Waals surface area contributed by atoms with Crippen LogP contribution in [0.2, 0.25) is 5.02 Å². The summed E-state index contributed by atoms with van der Waals surface area (Å²) in [6.45, 7) is 2.82. The summed E-state index contributed by atoms with van der Waals surface area (Å²) in [6.07, 6.45) is 4.48. The highest BCUT2D eigenvalue weighted by atomic mass is 35.5. The fourth-order valence-corrected chi connectivity index (χ4v) is 5.42. The first-order valence-corrected chi connectivity index (χ1v) is 12.4. The van der Waals surface area contributed by atoms with Crippen molar-refractivity contribution < 1.29 is 17.9 Å². The SMILES string of the molecule is C[C@@H](CCc1ccccc1)NC(=O)COc1ccc(S(=O)(=O)N2CCCCC2)cc1Cl. The van der Waals surface area contributed by atoms with E-state index in [9.17, 15) is 13.2 Å². The number of sulfonamides is 1. The average Bonchev–Trinajstić information content (AvgIpc) is 2.78. The number of piperidine rings is 1. The second-order valence-corrected chi connectivity index (χ2v) is 10.2. The Morgan fingerprint density at radius 2 is 1.84 bits per heavy atom. The molecule has 0 bridgehead atoms. The molecule has 0 aliphatic carbocycles. The zero-order valence-electron chi connectivity index (χ0n) is 17.7. The number of hydrogen-bond acceptors (Lipinski definition) is 4. The lowest BCUT2D eigenvalue weighted by atomic mass is 10.1.